The summed E-state index contributed by atoms with van der Waals surface area (Å²) in [5.41, 5.74) is 5.27. The fourth-order valence-electron chi connectivity index (χ4n) is 3.06. The van der Waals surface area contributed by atoms with Crippen LogP contribution >= 0.6 is 23.2 Å². The van der Waals surface area contributed by atoms with Gasteiger partial charge in [-0.3, -0.25) is 0 Å². The molecule has 0 radical (unpaired) electrons. The Kier molecular flexibility index (Phi) is 4.98. The molecule has 1 heterocycles. The summed E-state index contributed by atoms with van der Waals surface area (Å²) in [6.07, 6.45) is 3.05. The first-order valence-electron chi connectivity index (χ1n) is 8.63. The third-order valence-electron chi connectivity index (χ3n) is 4.74. The maximum absolute atomic E-state index is 5.93. The molecular weight excluding hydrogens is 361 g/mol. The second-order valence-corrected chi connectivity index (χ2v) is 7.31. The molecule has 3 aromatic rings. The number of rotatable bonds is 3. The molecule has 0 spiro atoms. The molecule has 1 saturated carbocycles. The van der Waals surface area contributed by atoms with Crippen LogP contribution in [0.1, 0.15) is 29.2 Å². The van der Waals surface area contributed by atoms with E-state index in [1.807, 2.05) is 42.6 Å². The highest BCUT2D eigenvalue weighted by molar-refractivity contribution is 6.30. The van der Waals surface area contributed by atoms with E-state index in [1.165, 1.54) is 12.0 Å². The van der Waals surface area contributed by atoms with Gasteiger partial charge in [0.15, 0.2) is 0 Å². The lowest BCUT2D eigenvalue weighted by Crippen LogP contribution is -1.86. The third kappa shape index (κ3) is 3.93. The van der Waals surface area contributed by atoms with Crippen LogP contribution in [0.15, 0.2) is 66.9 Å². The molecule has 3 heteroatoms. The van der Waals surface area contributed by atoms with Crippen LogP contribution in [0, 0.1) is 17.8 Å². The van der Waals surface area contributed by atoms with Crippen molar-refractivity contribution in [3.05, 3.63) is 88.7 Å². The van der Waals surface area contributed by atoms with Crippen LogP contribution in [0.3, 0.4) is 0 Å². The van der Waals surface area contributed by atoms with Gasteiger partial charge in [0.25, 0.3) is 0 Å². The molecule has 0 amide bonds. The zero-order valence-corrected chi connectivity index (χ0v) is 15.6. The standard InChI is InChI=1S/C23H17Cl2N/c24-14-20-13-23(20)18-4-1-16(2-5-18)3-11-22-12-8-19(15-26-22)17-6-9-21(25)10-7-17/h1-2,4-10,12,15,20,23H,13-14H2. The van der Waals surface area contributed by atoms with E-state index in [4.69, 9.17) is 23.2 Å². The van der Waals surface area contributed by atoms with Crippen molar-refractivity contribution >= 4 is 23.2 Å². The number of halogens is 2. The smallest absolute Gasteiger partial charge is 0.113 e. The molecule has 0 aliphatic heterocycles. The molecule has 0 saturated heterocycles. The lowest BCUT2D eigenvalue weighted by Gasteiger charge is -2.01. The van der Waals surface area contributed by atoms with Gasteiger partial charge in [0.2, 0.25) is 0 Å². The number of hydrogen-bond acceptors (Lipinski definition) is 1. The van der Waals surface area contributed by atoms with Crippen molar-refractivity contribution in [1.29, 1.82) is 0 Å². The first kappa shape index (κ1) is 17.2. The van der Waals surface area contributed by atoms with Crippen LogP contribution in [-0.2, 0) is 0 Å². The summed E-state index contributed by atoms with van der Waals surface area (Å²) < 4.78 is 0. The third-order valence-corrected chi connectivity index (χ3v) is 5.38. The van der Waals surface area contributed by atoms with E-state index in [-0.39, 0.29) is 0 Å². The van der Waals surface area contributed by atoms with Crippen molar-refractivity contribution in [3.63, 3.8) is 0 Å². The van der Waals surface area contributed by atoms with Crippen LogP contribution in [-0.4, -0.2) is 10.9 Å². The number of nitrogens with zero attached hydrogens (tertiary/aromatic N) is 1. The quantitative estimate of drug-likeness (QED) is 0.394. The Bertz CT molecular complexity index is 948. The summed E-state index contributed by atoms with van der Waals surface area (Å²) in [6, 6.07) is 20.2. The maximum Gasteiger partial charge on any atom is 0.113 e. The second kappa shape index (κ2) is 7.54. The lowest BCUT2D eigenvalue weighted by atomic mass is 10.1. The minimum absolute atomic E-state index is 0.636. The van der Waals surface area contributed by atoms with Gasteiger partial charge in [0, 0.05) is 28.2 Å². The van der Waals surface area contributed by atoms with Crippen molar-refractivity contribution in [2.75, 3.05) is 5.88 Å². The summed E-state index contributed by atoms with van der Waals surface area (Å²) in [4.78, 5) is 4.45. The molecule has 2 unspecified atom stereocenters. The first-order chi connectivity index (χ1) is 12.7. The molecule has 1 aromatic heterocycles. The van der Waals surface area contributed by atoms with E-state index in [9.17, 15) is 0 Å². The van der Waals surface area contributed by atoms with Gasteiger partial charge in [-0.05, 0) is 65.6 Å². The van der Waals surface area contributed by atoms with Crippen molar-refractivity contribution < 1.29 is 0 Å². The molecule has 1 aliphatic rings. The van der Waals surface area contributed by atoms with Gasteiger partial charge in [-0.2, -0.15) is 0 Å². The van der Waals surface area contributed by atoms with Crippen LogP contribution in [0.25, 0.3) is 11.1 Å². The molecule has 1 fully saturated rings. The molecule has 1 aliphatic carbocycles. The SMILES string of the molecule is ClCC1CC1c1ccc(C#Cc2ccc(-c3ccc(Cl)cc3)cn2)cc1. The Morgan fingerprint density at radius 2 is 1.62 bits per heavy atom. The van der Waals surface area contributed by atoms with Crippen molar-refractivity contribution in [1.82, 2.24) is 4.98 Å². The fourth-order valence-corrected chi connectivity index (χ4v) is 3.52. The number of aromatic nitrogens is 1. The second-order valence-electron chi connectivity index (χ2n) is 6.57. The van der Waals surface area contributed by atoms with Crippen LogP contribution < -0.4 is 0 Å². The Hall–Kier alpha value is -2.27. The highest BCUT2D eigenvalue weighted by Gasteiger charge is 2.37. The van der Waals surface area contributed by atoms with Gasteiger partial charge >= 0.3 is 0 Å². The van der Waals surface area contributed by atoms with Crippen LogP contribution in [0.4, 0.5) is 0 Å². The summed E-state index contributed by atoms with van der Waals surface area (Å²) >= 11 is 11.8. The predicted molar refractivity (Wildman–Crippen MR) is 109 cm³/mol. The zero-order chi connectivity index (χ0) is 17.9. The number of benzene rings is 2. The van der Waals surface area contributed by atoms with Gasteiger partial charge in [-0.1, -0.05) is 47.9 Å². The minimum atomic E-state index is 0.636. The topological polar surface area (TPSA) is 12.9 Å². The van der Waals surface area contributed by atoms with Gasteiger partial charge in [0.05, 0.1) is 0 Å². The number of hydrogen-bond donors (Lipinski definition) is 0. The highest BCUT2D eigenvalue weighted by atomic mass is 35.5. The molecule has 2 atom stereocenters. The highest BCUT2D eigenvalue weighted by Crippen LogP contribution is 2.47. The van der Waals surface area contributed by atoms with Crippen molar-refractivity contribution in [3.8, 4) is 23.0 Å². The van der Waals surface area contributed by atoms with E-state index in [1.54, 1.807) is 0 Å². The Morgan fingerprint density at radius 1 is 0.885 bits per heavy atom. The molecule has 0 bridgehead atoms. The maximum atomic E-state index is 5.93. The molecular formula is C23H17Cl2N. The summed E-state index contributed by atoms with van der Waals surface area (Å²) in [7, 11) is 0. The Morgan fingerprint density at radius 3 is 2.23 bits per heavy atom. The number of pyridine rings is 1. The van der Waals surface area contributed by atoms with E-state index < -0.39 is 0 Å². The lowest BCUT2D eigenvalue weighted by molar-refractivity contribution is 0.923. The largest absolute Gasteiger partial charge is 0.247 e. The molecule has 26 heavy (non-hydrogen) atoms. The normalized spacial score (nSPS) is 18.1. The predicted octanol–water partition coefficient (Wildman–Crippen LogP) is 6.14. The minimum Gasteiger partial charge on any atom is -0.247 e. The van der Waals surface area contributed by atoms with Crippen LogP contribution in [0.5, 0.6) is 0 Å². The number of alkyl halides is 1. The van der Waals surface area contributed by atoms with Gasteiger partial charge < -0.3 is 0 Å². The molecule has 2 aromatic carbocycles. The Labute approximate surface area is 164 Å². The average Bonchev–Trinajstić information content (AvgIpc) is 3.48. The zero-order valence-electron chi connectivity index (χ0n) is 14.1. The van der Waals surface area contributed by atoms with Gasteiger partial charge in [-0.25, -0.2) is 4.98 Å². The summed E-state index contributed by atoms with van der Waals surface area (Å²) in [6.45, 7) is 0. The van der Waals surface area contributed by atoms with Gasteiger partial charge in [0.1, 0.15) is 5.69 Å². The fraction of sp³-hybridized carbons (Fsp3) is 0.174. The van der Waals surface area contributed by atoms with E-state index >= 15 is 0 Å². The Balaban J connectivity index is 1.45. The van der Waals surface area contributed by atoms with Crippen molar-refractivity contribution in [2.45, 2.75) is 12.3 Å². The molecule has 0 N–H and O–H groups in total. The average molecular weight is 378 g/mol. The first-order valence-corrected chi connectivity index (χ1v) is 9.54. The van der Waals surface area contributed by atoms with E-state index in [0.29, 0.717) is 11.8 Å². The van der Waals surface area contributed by atoms with E-state index in [2.05, 4.69) is 41.1 Å². The molecule has 1 nitrogen and oxygen atoms in total. The monoisotopic (exact) mass is 377 g/mol. The molecule has 128 valence electrons. The van der Waals surface area contributed by atoms with Crippen molar-refractivity contribution in [2.24, 2.45) is 5.92 Å². The van der Waals surface area contributed by atoms with Gasteiger partial charge in [-0.15, -0.1) is 11.6 Å². The van der Waals surface area contributed by atoms with E-state index in [0.717, 1.165) is 33.3 Å². The molecule has 4 rings (SSSR count). The van der Waals surface area contributed by atoms with Crippen LogP contribution in [0.2, 0.25) is 5.02 Å². The summed E-state index contributed by atoms with van der Waals surface area (Å²) in [5.74, 6) is 8.35. The summed E-state index contributed by atoms with van der Waals surface area (Å²) in [5, 5.41) is 0.732.